The third kappa shape index (κ3) is 5.70. The molecule has 1 atom stereocenters. The van der Waals surface area contributed by atoms with Crippen LogP contribution in [0.5, 0.6) is 11.5 Å². The SMILES string of the molecule is Cc1ncc(Cl)c([C@@H](C)Oc2ccc3[nH]nc(-c4ccc5c(c4)COC4(CCN(CC(F)(F)F)CC4)O5)c3c2)c1Cl. The van der Waals surface area contributed by atoms with Crippen molar-refractivity contribution in [3.05, 3.63) is 69.5 Å². The Balaban J connectivity index is 1.20. The van der Waals surface area contributed by atoms with E-state index in [9.17, 15) is 13.2 Å². The maximum Gasteiger partial charge on any atom is 0.401 e. The molecule has 0 unspecified atom stereocenters. The number of nitrogens with zero attached hydrogens (tertiary/aromatic N) is 3. The van der Waals surface area contributed by atoms with E-state index in [0.717, 1.165) is 27.7 Å². The fourth-order valence-electron chi connectivity index (χ4n) is 5.43. The van der Waals surface area contributed by atoms with E-state index in [1.54, 1.807) is 6.20 Å². The Bertz CT molecular complexity index is 1600. The number of aromatic nitrogens is 3. The highest BCUT2D eigenvalue weighted by Gasteiger charge is 2.43. The number of piperidine rings is 1. The normalized spacial score (nSPS) is 17.8. The first kappa shape index (κ1) is 28.1. The first-order chi connectivity index (χ1) is 19.5. The molecule has 4 aromatic rings. The van der Waals surface area contributed by atoms with E-state index in [-0.39, 0.29) is 13.1 Å². The Morgan fingerprint density at radius 2 is 1.93 bits per heavy atom. The minimum absolute atomic E-state index is 0.258. The Hall–Kier alpha value is -3.05. The lowest BCUT2D eigenvalue weighted by molar-refractivity contribution is -0.234. The first-order valence-electron chi connectivity index (χ1n) is 13.2. The standard InChI is InChI=1S/C29H27Cl2F3N4O3/c1-16-26(31)25(22(30)13-35-16)17(2)40-20-4-5-23-21(12-20)27(37-36-23)18-3-6-24-19(11-18)14-39-28(41-24)7-9-38(10-8-28)15-29(32,33)34/h3-6,11-13,17H,7-10,14-15H2,1-2H3,(H,36,37)/t17-/m1/s1. The number of alkyl halides is 3. The molecule has 1 spiro atoms. The summed E-state index contributed by atoms with van der Waals surface area (Å²) in [4.78, 5) is 5.58. The minimum Gasteiger partial charge on any atom is -0.486 e. The van der Waals surface area contributed by atoms with Gasteiger partial charge >= 0.3 is 6.18 Å². The maximum absolute atomic E-state index is 12.8. The molecule has 0 saturated carbocycles. The number of halogens is 5. The van der Waals surface area contributed by atoms with Crippen LogP contribution in [-0.2, 0) is 11.3 Å². The molecule has 2 aliphatic rings. The number of nitrogens with one attached hydrogen (secondary N) is 1. The van der Waals surface area contributed by atoms with E-state index < -0.39 is 24.6 Å². The summed E-state index contributed by atoms with van der Waals surface area (Å²) in [6, 6.07) is 11.4. The molecule has 216 valence electrons. The zero-order valence-corrected chi connectivity index (χ0v) is 23.8. The van der Waals surface area contributed by atoms with Crippen molar-refractivity contribution in [1.29, 1.82) is 0 Å². The fraction of sp³-hybridized carbons (Fsp3) is 0.379. The maximum atomic E-state index is 12.8. The molecule has 1 fully saturated rings. The Kier molecular flexibility index (Phi) is 7.30. The highest BCUT2D eigenvalue weighted by atomic mass is 35.5. The lowest BCUT2D eigenvalue weighted by Crippen LogP contribution is -2.52. The molecule has 41 heavy (non-hydrogen) atoms. The van der Waals surface area contributed by atoms with Gasteiger partial charge in [-0.3, -0.25) is 15.0 Å². The summed E-state index contributed by atoms with van der Waals surface area (Å²) in [7, 11) is 0. The van der Waals surface area contributed by atoms with Crippen LogP contribution in [0.2, 0.25) is 10.0 Å². The smallest absolute Gasteiger partial charge is 0.401 e. The van der Waals surface area contributed by atoms with E-state index in [4.69, 9.17) is 37.4 Å². The van der Waals surface area contributed by atoms with Gasteiger partial charge in [0, 0.05) is 54.2 Å². The highest BCUT2D eigenvalue weighted by molar-refractivity contribution is 6.36. The second kappa shape index (κ2) is 10.7. The van der Waals surface area contributed by atoms with Crippen molar-refractivity contribution in [2.45, 2.75) is 51.4 Å². The van der Waals surface area contributed by atoms with Gasteiger partial charge in [0.25, 0.3) is 0 Å². The van der Waals surface area contributed by atoms with Crippen molar-refractivity contribution >= 4 is 34.1 Å². The quantitative estimate of drug-likeness (QED) is 0.252. The molecular formula is C29H27Cl2F3N4O3. The van der Waals surface area contributed by atoms with Gasteiger partial charge in [0.2, 0.25) is 5.79 Å². The van der Waals surface area contributed by atoms with Gasteiger partial charge in [0.1, 0.15) is 23.3 Å². The van der Waals surface area contributed by atoms with Crippen LogP contribution in [0, 0.1) is 6.92 Å². The highest BCUT2D eigenvalue weighted by Crippen LogP contribution is 2.41. The number of fused-ring (bicyclic) bond motifs is 2. The number of rotatable bonds is 5. The van der Waals surface area contributed by atoms with E-state index in [1.807, 2.05) is 50.2 Å². The number of benzene rings is 2. The lowest BCUT2D eigenvalue weighted by atomic mass is 9.99. The molecule has 2 aromatic heterocycles. The van der Waals surface area contributed by atoms with Crippen LogP contribution >= 0.6 is 23.2 Å². The Labute approximate surface area is 244 Å². The van der Waals surface area contributed by atoms with Gasteiger partial charge in [0.05, 0.1) is 34.4 Å². The van der Waals surface area contributed by atoms with Crippen molar-refractivity contribution < 1.29 is 27.4 Å². The number of pyridine rings is 1. The van der Waals surface area contributed by atoms with Crippen molar-refractivity contribution in [2.24, 2.45) is 0 Å². The molecule has 7 nitrogen and oxygen atoms in total. The summed E-state index contributed by atoms with van der Waals surface area (Å²) in [6.45, 7) is 3.58. The number of hydrogen-bond acceptors (Lipinski definition) is 6. The molecule has 2 aromatic carbocycles. The van der Waals surface area contributed by atoms with E-state index in [2.05, 4.69) is 15.2 Å². The summed E-state index contributed by atoms with van der Waals surface area (Å²) in [5.41, 5.74) is 4.63. The molecule has 6 rings (SSSR count). The van der Waals surface area contributed by atoms with E-state index >= 15 is 0 Å². The van der Waals surface area contributed by atoms with Crippen molar-refractivity contribution in [1.82, 2.24) is 20.1 Å². The van der Waals surface area contributed by atoms with Gasteiger partial charge < -0.3 is 14.2 Å². The Morgan fingerprint density at radius 3 is 2.68 bits per heavy atom. The molecule has 12 heteroatoms. The van der Waals surface area contributed by atoms with Crippen LogP contribution in [0.1, 0.15) is 42.7 Å². The van der Waals surface area contributed by atoms with E-state index in [1.165, 1.54) is 4.90 Å². The number of ether oxygens (including phenoxy) is 3. The second-order valence-electron chi connectivity index (χ2n) is 10.5. The van der Waals surface area contributed by atoms with Crippen molar-refractivity contribution in [3.8, 4) is 22.8 Å². The fourth-order valence-corrected chi connectivity index (χ4v) is 6.08. The predicted octanol–water partition coefficient (Wildman–Crippen LogP) is 7.64. The zero-order valence-electron chi connectivity index (χ0n) is 22.3. The van der Waals surface area contributed by atoms with Crippen LogP contribution < -0.4 is 9.47 Å². The van der Waals surface area contributed by atoms with E-state index in [0.29, 0.717) is 52.3 Å². The van der Waals surface area contributed by atoms with Crippen LogP contribution in [0.4, 0.5) is 13.2 Å². The summed E-state index contributed by atoms with van der Waals surface area (Å²) in [5, 5.41) is 9.39. The topological polar surface area (TPSA) is 72.5 Å². The van der Waals surface area contributed by atoms with Gasteiger partial charge in [-0.25, -0.2) is 0 Å². The average Bonchev–Trinajstić information content (AvgIpc) is 3.35. The van der Waals surface area contributed by atoms with Crippen LogP contribution in [0.15, 0.2) is 42.6 Å². The van der Waals surface area contributed by atoms with Crippen LogP contribution in [0.3, 0.4) is 0 Å². The molecular weight excluding hydrogens is 580 g/mol. The number of aromatic amines is 1. The number of likely N-dealkylation sites (tertiary alicyclic amines) is 1. The van der Waals surface area contributed by atoms with Crippen LogP contribution in [0.25, 0.3) is 22.2 Å². The number of aryl methyl sites for hydroxylation is 1. The second-order valence-corrected chi connectivity index (χ2v) is 11.3. The summed E-state index contributed by atoms with van der Waals surface area (Å²) in [6.07, 6.45) is -2.34. The molecule has 0 radical (unpaired) electrons. The molecule has 0 aliphatic carbocycles. The van der Waals surface area contributed by atoms with Crippen molar-refractivity contribution in [3.63, 3.8) is 0 Å². The summed E-state index contributed by atoms with van der Waals surface area (Å²) in [5.74, 6) is 0.388. The number of H-pyrrole nitrogens is 1. The average molecular weight is 607 g/mol. The molecule has 1 N–H and O–H groups in total. The monoisotopic (exact) mass is 606 g/mol. The molecule has 2 aliphatic heterocycles. The largest absolute Gasteiger partial charge is 0.486 e. The molecule has 4 heterocycles. The molecule has 1 saturated heterocycles. The zero-order chi connectivity index (χ0) is 28.9. The van der Waals surface area contributed by atoms with Gasteiger partial charge in [-0.2, -0.15) is 18.3 Å². The molecule has 0 amide bonds. The summed E-state index contributed by atoms with van der Waals surface area (Å²) >= 11 is 12.8. The van der Waals surface area contributed by atoms with Gasteiger partial charge in [-0.05, 0) is 50.2 Å². The lowest BCUT2D eigenvalue weighted by Gasteiger charge is -2.44. The van der Waals surface area contributed by atoms with Crippen LogP contribution in [-0.4, -0.2) is 51.7 Å². The third-order valence-electron chi connectivity index (χ3n) is 7.58. The Morgan fingerprint density at radius 1 is 1.15 bits per heavy atom. The molecule has 0 bridgehead atoms. The predicted molar refractivity (Wildman–Crippen MR) is 149 cm³/mol. The summed E-state index contributed by atoms with van der Waals surface area (Å²) < 4.78 is 56.9. The minimum atomic E-state index is -4.22. The third-order valence-corrected chi connectivity index (χ3v) is 8.36. The van der Waals surface area contributed by atoms with Gasteiger partial charge in [-0.15, -0.1) is 0 Å². The van der Waals surface area contributed by atoms with Crippen molar-refractivity contribution in [2.75, 3.05) is 19.6 Å². The van der Waals surface area contributed by atoms with Gasteiger partial charge in [0.15, 0.2) is 0 Å². The number of hydrogen-bond donors (Lipinski definition) is 1. The van der Waals surface area contributed by atoms with Gasteiger partial charge in [-0.1, -0.05) is 23.2 Å². The first-order valence-corrected chi connectivity index (χ1v) is 14.0.